The van der Waals surface area contributed by atoms with E-state index in [1.165, 1.54) is 230 Å². The van der Waals surface area contributed by atoms with E-state index < -0.39 is 0 Å². The fourth-order valence-electron chi connectivity index (χ4n) is 9.01. The van der Waals surface area contributed by atoms with E-state index >= 15 is 0 Å². The van der Waals surface area contributed by atoms with E-state index in [1.807, 2.05) is 0 Å². The Kier molecular flexibility index (Phi) is 35.1. The maximum absolute atomic E-state index is 2.76. The van der Waals surface area contributed by atoms with Crippen LogP contribution >= 0.6 is 0 Å². The Hall–Kier alpha value is -0.340. The zero-order valence-electron chi connectivity index (χ0n) is 36.0. The number of unbranched alkanes of at least 4 members (excludes halogenated alkanes) is 26. The molecule has 1 aromatic rings. The Labute approximate surface area is 334 Å². The van der Waals surface area contributed by atoms with Gasteiger partial charge in [0, 0.05) is 5.92 Å². The molecule has 0 N–H and O–H groups in total. The van der Waals surface area contributed by atoms with Gasteiger partial charge in [-0.2, -0.15) is 0 Å². The molecule has 1 atom stereocenters. The third-order valence-corrected chi connectivity index (χ3v) is 12.8. The first-order chi connectivity index (χ1) is 24.5. The van der Waals surface area contributed by atoms with Crippen LogP contribution in [0.15, 0.2) is 30.3 Å². The van der Waals surface area contributed by atoms with Crippen molar-refractivity contribution < 1.29 is 21.5 Å². The van der Waals surface area contributed by atoms with Gasteiger partial charge in [0.05, 0.1) is 25.2 Å². The second-order valence-electron chi connectivity index (χ2n) is 17.3. The van der Waals surface area contributed by atoms with Gasteiger partial charge in [-0.3, -0.25) is 0 Å². The van der Waals surface area contributed by atoms with Gasteiger partial charge in [-0.15, -0.1) is 0 Å². The molecule has 0 saturated carbocycles. The lowest BCUT2D eigenvalue weighted by Crippen LogP contribution is -3.00. The van der Waals surface area contributed by atoms with E-state index in [1.54, 1.807) is 5.56 Å². The van der Waals surface area contributed by atoms with Crippen LogP contribution < -0.4 is 17.0 Å². The van der Waals surface area contributed by atoms with Gasteiger partial charge in [-0.25, -0.2) is 0 Å². The van der Waals surface area contributed by atoms with Gasteiger partial charge in [0.25, 0.3) is 0 Å². The predicted octanol–water partition coefficient (Wildman–Crippen LogP) is 13.6. The van der Waals surface area contributed by atoms with Crippen molar-refractivity contribution in [3.05, 3.63) is 35.9 Å². The normalized spacial score (nSPS) is 12.7. The average molecular weight is 777 g/mol. The van der Waals surface area contributed by atoms with Gasteiger partial charge in [0.1, 0.15) is 0 Å². The Morgan fingerprint density at radius 1 is 0.412 bits per heavy atom. The molecular formula is C49H94BrN. The second kappa shape index (κ2) is 35.4. The van der Waals surface area contributed by atoms with Crippen molar-refractivity contribution in [2.75, 3.05) is 19.6 Å². The number of hydrogen-bond donors (Lipinski definition) is 0. The molecule has 51 heavy (non-hydrogen) atoms. The highest BCUT2D eigenvalue weighted by Crippen LogP contribution is 2.39. The van der Waals surface area contributed by atoms with Crippen molar-refractivity contribution in [1.29, 1.82) is 0 Å². The second-order valence-corrected chi connectivity index (χ2v) is 17.3. The molecule has 0 amide bonds. The van der Waals surface area contributed by atoms with Crippen LogP contribution in [0.25, 0.3) is 0 Å². The molecule has 0 saturated heterocycles. The lowest BCUT2D eigenvalue weighted by molar-refractivity contribution is -0.977. The molecule has 0 fully saturated rings. The van der Waals surface area contributed by atoms with Gasteiger partial charge in [-0.1, -0.05) is 212 Å². The number of halogens is 1. The SMILES string of the molecule is CCCCCCCCCC[N+](CCCCCCCCCC)(CCCCCCCCCC)C(C)(C)C(CCCCCCCC)Cc1ccccc1.[Br-]. The summed E-state index contributed by atoms with van der Waals surface area (Å²) in [5, 5.41) is 0. The number of hydrogen-bond acceptors (Lipinski definition) is 0. The van der Waals surface area contributed by atoms with Crippen molar-refractivity contribution >= 4 is 0 Å². The minimum absolute atomic E-state index is 0. The molecule has 1 rings (SSSR count). The highest BCUT2D eigenvalue weighted by Gasteiger charge is 2.47. The largest absolute Gasteiger partial charge is 1.00 e. The van der Waals surface area contributed by atoms with Crippen LogP contribution in [0.1, 0.15) is 246 Å². The van der Waals surface area contributed by atoms with Gasteiger partial charge in [0.15, 0.2) is 0 Å². The maximum atomic E-state index is 2.76. The third kappa shape index (κ3) is 24.6. The third-order valence-electron chi connectivity index (χ3n) is 12.8. The summed E-state index contributed by atoms with van der Waals surface area (Å²) < 4.78 is 1.39. The Morgan fingerprint density at radius 3 is 1.04 bits per heavy atom. The average Bonchev–Trinajstić information content (AvgIpc) is 3.12. The summed E-state index contributed by atoms with van der Waals surface area (Å²) in [6, 6.07) is 11.6. The smallest absolute Gasteiger partial charge is 0.0967 e. The summed E-state index contributed by atoms with van der Waals surface area (Å²) in [7, 11) is 0. The molecule has 0 aliphatic rings. The van der Waals surface area contributed by atoms with E-state index in [-0.39, 0.29) is 17.0 Å². The predicted molar refractivity (Wildman–Crippen MR) is 228 cm³/mol. The highest BCUT2D eigenvalue weighted by atomic mass is 79.9. The van der Waals surface area contributed by atoms with Crippen LogP contribution in [0.2, 0.25) is 0 Å². The van der Waals surface area contributed by atoms with Crippen molar-refractivity contribution in [3.63, 3.8) is 0 Å². The van der Waals surface area contributed by atoms with Crippen LogP contribution in [-0.4, -0.2) is 29.7 Å². The monoisotopic (exact) mass is 776 g/mol. The molecule has 1 unspecified atom stereocenters. The molecule has 1 aromatic carbocycles. The van der Waals surface area contributed by atoms with Crippen LogP contribution in [-0.2, 0) is 6.42 Å². The lowest BCUT2D eigenvalue weighted by atomic mass is 9.75. The Balaban J connectivity index is 0.0000250. The number of rotatable bonds is 38. The van der Waals surface area contributed by atoms with E-state index in [2.05, 4.69) is 71.9 Å². The Bertz CT molecular complexity index is 768. The molecular weight excluding hydrogens is 682 g/mol. The first-order valence-electron chi connectivity index (χ1n) is 23.4. The quantitative estimate of drug-likeness (QED) is 0.0463. The minimum atomic E-state index is 0. The molecule has 1 nitrogen and oxygen atoms in total. The number of quaternary nitrogens is 1. The van der Waals surface area contributed by atoms with Crippen LogP contribution in [0, 0.1) is 5.92 Å². The van der Waals surface area contributed by atoms with Gasteiger partial charge in [-0.05, 0) is 70.8 Å². The molecule has 0 aromatic heterocycles. The number of benzene rings is 1. The van der Waals surface area contributed by atoms with E-state index in [4.69, 9.17) is 0 Å². The molecule has 0 radical (unpaired) electrons. The van der Waals surface area contributed by atoms with Crippen LogP contribution in [0.4, 0.5) is 0 Å². The fourth-order valence-corrected chi connectivity index (χ4v) is 9.01. The zero-order chi connectivity index (χ0) is 36.4. The molecule has 0 spiro atoms. The van der Waals surface area contributed by atoms with Crippen molar-refractivity contribution in [1.82, 2.24) is 0 Å². The lowest BCUT2D eigenvalue weighted by Gasteiger charge is -2.55. The summed E-state index contributed by atoms with van der Waals surface area (Å²) in [6.45, 7) is 19.1. The van der Waals surface area contributed by atoms with E-state index in [0.29, 0.717) is 5.54 Å². The van der Waals surface area contributed by atoms with Crippen molar-refractivity contribution in [3.8, 4) is 0 Å². The molecule has 302 valence electrons. The summed E-state index contributed by atoms with van der Waals surface area (Å²) in [5.74, 6) is 0.744. The topological polar surface area (TPSA) is 0 Å². The zero-order valence-corrected chi connectivity index (χ0v) is 37.6. The fraction of sp³-hybridized carbons (Fsp3) is 0.878. The molecule has 0 heterocycles. The van der Waals surface area contributed by atoms with Crippen molar-refractivity contribution in [2.45, 2.75) is 253 Å². The van der Waals surface area contributed by atoms with Crippen molar-refractivity contribution in [2.24, 2.45) is 5.92 Å². The molecule has 0 bridgehead atoms. The molecule has 0 aliphatic carbocycles. The summed E-state index contributed by atoms with van der Waals surface area (Å²) >= 11 is 0. The van der Waals surface area contributed by atoms with Gasteiger partial charge < -0.3 is 21.5 Å². The number of nitrogens with zero attached hydrogens (tertiary/aromatic N) is 1. The summed E-state index contributed by atoms with van der Waals surface area (Å²) in [6.07, 6.45) is 45.5. The van der Waals surface area contributed by atoms with Gasteiger partial charge >= 0.3 is 0 Å². The first kappa shape index (κ1) is 50.7. The van der Waals surface area contributed by atoms with Crippen LogP contribution in [0.5, 0.6) is 0 Å². The maximum Gasteiger partial charge on any atom is 0.0967 e. The van der Waals surface area contributed by atoms with E-state index in [9.17, 15) is 0 Å². The minimum Gasteiger partial charge on any atom is -1.00 e. The van der Waals surface area contributed by atoms with Gasteiger partial charge in [0.2, 0.25) is 0 Å². The molecule has 0 aliphatic heterocycles. The Morgan fingerprint density at radius 2 is 0.706 bits per heavy atom. The standard InChI is InChI=1S/C49H94N.BrH/c1-7-11-15-19-23-26-30-37-43-50(44-38-31-27-24-20-16-12-8-2,45-39-32-28-25-21-17-13-9-3)49(5,6)48(42-36-29-22-18-14-10-4)46-47-40-34-33-35-41-47;/h33-35,40-41,48H,7-32,36-39,42-46H2,1-6H3;1H/q+1;/p-1. The summed E-state index contributed by atoms with van der Waals surface area (Å²) in [4.78, 5) is 0. The highest BCUT2D eigenvalue weighted by molar-refractivity contribution is 5.16. The summed E-state index contributed by atoms with van der Waals surface area (Å²) in [5.41, 5.74) is 1.86. The van der Waals surface area contributed by atoms with E-state index in [0.717, 1.165) is 5.92 Å². The molecule has 2 heteroatoms. The first-order valence-corrected chi connectivity index (χ1v) is 23.4. The van der Waals surface area contributed by atoms with Crippen LogP contribution in [0.3, 0.4) is 0 Å².